The van der Waals surface area contributed by atoms with Crippen LogP contribution in [0.3, 0.4) is 0 Å². The van der Waals surface area contributed by atoms with Crippen molar-refractivity contribution in [2.75, 3.05) is 18.4 Å². The van der Waals surface area contributed by atoms with Crippen molar-refractivity contribution in [3.05, 3.63) is 57.1 Å². The van der Waals surface area contributed by atoms with Gasteiger partial charge in [0.25, 0.3) is 11.5 Å². The number of ether oxygens (including phenoxy) is 1. The van der Waals surface area contributed by atoms with Crippen LogP contribution in [-0.4, -0.2) is 55.6 Å². The smallest absolute Gasteiger partial charge is 0.372 e. The molecular weight excluding hydrogens is 496 g/mol. The Morgan fingerprint density at radius 1 is 1.19 bits per heavy atom. The number of hydrogen-bond acceptors (Lipinski definition) is 7. The van der Waals surface area contributed by atoms with Gasteiger partial charge in [0.1, 0.15) is 5.82 Å². The molecule has 1 unspecified atom stereocenters. The quantitative estimate of drug-likeness (QED) is 0.523. The number of alkyl halides is 3. The number of carbonyl (C=O) groups excluding carboxylic acids is 1. The highest BCUT2D eigenvalue weighted by Gasteiger charge is 2.38. The average molecular weight is 523 g/mol. The number of amides is 1. The van der Waals surface area contributed by atoms with Crippen molar-refractivity contribution < 1.29 is 27.1 Å². The molecule has 13 heteroatoms. The second-order valence-corrected chi connectivity index (χ2v) is 9.21. The highest BCUT2D eigenvalue weighted by atomic mass is 19.4. The summed E-state index contributed by atoms with van der Waals surface area (Å²) in [6.45, 7) is 7.17. The fourth-order valence-corrected chi connectivity index (χ4v) is 4.34. The molecule has 198 valence electrons. The third kappa shape index (κ3) is 5.26. The predicted octanol–water partition coefficient (Wildman–Crippen LogP) is 3.61. The Balaban J connectivity index is 1.65. The number of morpholine rings is 1. The maximum absolute atomic E-state index is 14.9. The number of nitrogens with zero attached hydrogens (tertiary/aromatic N) is 5. The molecule has 4 rings (SSSR count). The zero-order valence-corrected chi connectivity index (χ0v) is 20.9. The van der Waals surface area contributed by atoms with Gasteiger partial charge in [-0.05, 0) is 39.8 Å². The van der Waals surface area contributed by atoms with Gasteiger partial charge in [0.2, 0.25) is 0 Å². The number of aromatic nitrogens is 4. The van der Waals surface area contributed by atoms with Gasteiger partial charge in [-0.25, -0.2) is 19.3 Å². The van der Waals surface area contributed by atoms with Crippen LogP contribution >= 0.6 is 0 Å². The molecule has 1 amide bonds. The molecule has 3 atom stereocenters. The number of halogens is 4. The number of fused-ring (bicyclic) bond motifs is 1. The molecule has 1 fully saturated rings. The van der Waals surface area contributed by atoms with E-state index in [4.69, 9.17) is 4.74 Å². The maximum Gasteiger partial charge on any atom is 0.433 e. The Morgan fingerprint density at radius 2 is 1.84 bits per heavy atom. The van der Waals surface area contributed by atoms with E-state index in [-0.39, 0.29) is 46.0 Å². The highest BCUT2D eigenvalue weighted by Crippen LogP contribution is 2.35. The first-order valence-corrected chi connectivity index (χ1v) is 11.6. The molecule has 9 nitrogen and oxygen atoms in total. The summed E-state index contributed by atoms with van der Waals surface area (Å²) >= 11 is 0. The molecule has 0 aromatic carbocycles. The maximum atomic E-state index is 14.9. The van der Waals surface area contributed by atoms with Crippen LogP contribution in [0, 0.1) is 12.7 Å². The molecule has 1 N–H and O–H groups in total. The molecule has 0 radical (unpaired) electrons. The van der Waals surface area contributed by atoms with E-state index in [1.807, 2.05) is 13.8 Å². The number of anilines is 1. The summed E-state index contributed by atoms with van der Waals surface area (Å²) < 4.78 is 63.3. The lowest BCUT2D eigenvalue weighted by Gasteiger charge is -2.35. The second kappa shape index (κ2) is 9.69. The van der Waals surface area contributed by atoms with E-state index in [0.717, 1.165) is 18.3 Å². The monoisotopic (exact) mass is 522 g/mol. The lowest BCUT2D eigenvalue weighted by molar-refractivity contribution is -0.141. The summed E-state index contributed by atoms with van der Waals surface area (Å²) in [5.41, 5.74) is -2.51. The van der Waals surface area contributed by atoms with Gasteiger partial charge in [0.15, 0.2) is 23.0 Å². The molecule has 1 aliphatic heterocycles. The zero-order chi connectivity index (χ0) is 27.2. The van der Waals surface area contributed by atoms with Crippen molar-refractivity contribution in [3.8, 4) is 0 Å². The van der Waals surface area contributed by atoms with Crippen LogP contribution in [0.4, 0.5) is 23.4 Å². The number of hydrogen-bond donors (Lipinski definition) is 1. The van der Waals surface area contributed by atoms with Crippen LogP contribution in [0.2, 0.25) is 0 Å². The molecule has 4 heterocycles. The fraction of sp³-hybridized carbons (Fsp3) is 0.458. The van der Waals surface area contributed by atoms with Gasteiger partial charge in [0.05, 0.1) is 29.2 Å². The van der Waals surface area contributed by atoms with Gasteiger partial charge in [0, 0.05) is 31.9 Å². The van der Waals surface area contributed by atoms with E-state index in [0.29, 0.717) is 13.1 Å². The third-order valence-electron chi connectivity index (χ3n) is 6.20. The number of nitrogens with one attached hydrogen (secondary N) is 1. The fourth-order valence-electron chi connectivity index (χ4n) is 4.34. The second-order valence-electron chi connectivity index (χ2n) is 9.21. The number of rotatable bonds is 4. The summed E-state index contributed by atoms with van der Waals surface area (Å²) in [5, 5.41) is 2.51. The van der Waals surface area contributed by atoms with Gasteiger partial charge < -0.3 is 15.0 Å². The summed E-state index contributed by atoms with van der Waals surface area (Å²) in [7, 11) is 1.45. The molecule has 37 heavy (non-hydrogen) atoms. The molecule has 0 saturated carbocycles. The molecule has 1 aliphatic rings. The van der Waals surface area contributed by atoms with Crippen LogP contribution in [0.15, 0.2) is 23.1 Å². The number of pyridine rings is 2. The molecule has 3 aromatic heterocycles. The van der Waals surface area contributed by atoms with Crippen molar-refractivity contribution in [2.45, 2.75) is 52.1 Å². The minimum atomic E-state index is -4.86. The largest absolute Gasteiger partial charge is 0.433 e. The van der Waals surface area contributed by atoms with Crippen molar-refractivity contribution in [1.29, 1.82) is 0 Å². The summed E-state index contributed by atoms with van der Waals surface area (Å²) in [6, 6.07) is 0.902. The van der Waals surface area contributed by atoms with Gasteiger partial charge in [-0.3, -0.25) is 14.2 Å². The van der Waals surface area contributed by atoms with Gasteiger partial charge in [-0.2, -0.15) is 13.2 Å². The summed E-state index contributed by atoms with van der Waals surface area (Å²) in [6.07, 6.45) is -4.05. The summed E-state index contributed by atoms with van der Waals surface area (Å²) in [5.74, 6) is -1.48. The minimum absolute atomic E-state index is 0.00490. The molecule has 1 saturated heterocycles. The van der Waals surface area contributed by atoms with Gasteiger partial charge in [-0.15, -0.1) is 0 Å². The number of aryl methyl sites for hydroxylation is 1. The van der Waals surface area contributed by atoms with Crippen molar-refractivity contribution in [2.24, 2.45) is 7.05 Å². The lowest BCUT2D eigenvalue weighted by atomic mass is 10.0. The first-order valence-electron chi connectivity index (χ1n) is 11.6. The van der Waals surface area contributed by atoms with Crippen LogP contribution in [0.5, 0.6) is 0 Å². The molecular formula is C24H26F4N6O3. The first-order chi connectivity index (χ1) is 17.3. The van der Waals surface area contributed by atoms with E-state index in [1.54, 1.807) is 0 Å². The number of carbonyl (C=O) groups is 1. The molecule has 3 aromatic rings. The summed E-state index contributed by atoms with van der Waals surface area (Å²) in [4.78, 5) is 38.6. The minimum Gasteiger partial charge on any atom is -0.372 e. The zero-order valence-electron chi connectivity index (χ0n) is 20.9. The van der Waals surface area contributed by atoms with Crippen LogP contribution in [-0.2, 0) is 18.0 Å². The first kappa shape index (κ1) is 26.5. The SMILES string of the molecule is Cc1nc2nc(C(F)(F)F)c(C(C)Nc3ncc(C(=O)N4C[C@@H](C)O[C@@H](C)C4)cc3F)cc2c(=O)n1C. The third-order valence-corrected chi connectivity index (χ3v) is 6.20. The average Bonchev–Trinajstić information content (AvgIpc) is 2.81. The van der Waals surface area contributed by atoms with E-state index in [9.17, 15) is 27.2 Å². The predicted molar refractivity (Wildman–Crippen MR) is 127 cm³/mol. The molecule has 0 bridgehead atoms. The Morgan fingerprint density at radius 3 is 2.43 bits per heavy atom. The van der Waals surface area contributed by atoms with Crippen LogP contribution in [0.1, 0.15) is 54.3 Å². The Bertz CT molecular complexity index is 1410. The molecule has 0 aliphatic carbocycles. The standard InChI is InChI=1S/C24H26F4N6O3/c1-11-9-34(10-12(2)37-11)22(35)15-6-18(25)21(29-8-15)30-13(3)16-7-17-20(32-19(16)24(26,27)28)31-14(4)33(5)23(17)36/h6-8,11-13H,9-10H2,1-5H3,(H,29,30)/t11-,12+,13?. The van der Waals surface area contributed by atoms with E-state index in [1.165, 1.54) is 30.4 Å². The van der Waals surface area contributed by atoms with Crippen LogP contribution < -0.4 is 10.9 Å². The lowest BCUT2D eigenvalue weighted by Crippen LogP contribution is -2.48. The van der Waals surface area contributed by atoms with E-state index >= 15 is 0 Å². The molecule has 0 spiro atoms. The van der Waals surface area contributed by atoms with Crippen molar-refractivity contribution in [1.82, 2.24) is 24.4 Å². The Labute approximate surface area is 209 Å². The highest BCUT2D eigenvalue weighted by molar-refractivity contribution is 5.94. The topological polar surface area (TPSA) is 102 Å². The van der Waals surface area contributed by atoms with Crippen molar-refractivity contribution >= 4 is 22.8 Å². The van der Waals surface area contributed by atoms with Crippen molar-refractivity contribution in [3.63, 3.8) is 0 Å². The normalized spacial score (nSPS) is 19.2. The Hall–Kier alpha value is -3.61. The van der Waals surface area contributed by atoms with E-state index < -0.39 is 35.2 Å². The Kier molecular flexibility index (Phi) is 6.93. The van der Waals surface area contributed by atoms with Gasteiger partial charge in [-0.1, -0.05) is 0 Å². The van der Waals surface area contributed by atoms with Crippen LogP contribution in [0.25, 0.3) is 11.0 Å². The van der Waals surface area contributed by atoms with Gasteiger partial charge >= 0.3 is 6.18 Å². The van der Waals surface area contributed by atoms with E-state index in [2.05, 4.69) is 20.3 Å².